The lowest BCUT2D eigenvalue weighted by atomic mass is 10.1. The van der Waals surface area contributed by atoms with E-state index in [1.54, 1.807) is 29.6 Å². The Hall–Kier alpha value is -1.28. The summed E-state index contributed by atoms with van der Waals surface area (Å²) in [5.74, 6) is 0. The number of nitrogens with two attached hydrogens (primary N) is 1. The molecule has 0 bridgehead atoms. The predicted octanol–water partition coefficient (Wildman–Crippen LogP) is 1.75. The molecule has 0 aliphatic rings. The molecule has 7 heteroatoms. The van der Waals surface area contributed by atoms with Gasteiger partial charge in [0.05, 0.1) is 10.6 Å². The third kappa shape index (κ3) is 3.49. The smallest absolute Gasteiger partial charge is 0.241 e. The molecule has 114 valence electrons. The molecule has 21 heavy (non-hydrogen) atoms. The number of rotatable bonds is 6. The third-order valence-electron chi connectivity index (χ3n) is 3.17. The van der Waals surface area contributed by atoms with Gasteiger partial charge in [-0.05, 0) is 25.1 Å². The summed E-state index contributed by atoms with van der Waals surface area (Å²) in [7, 11) is -1.75. The van der Waals surface area contributed by atoms with Crippen molar-refractivity contribution in [3.63, 3.8) is 0 Å². The van der Waals surface area contributed by atoms with Crippen molar-refractivity contribution in [2.45, 2.75) is 11.3 Å². The Labute approximate surface area is 130 Å². The number of benzene rings is 2. The van der Waals surface area contributed by atoms with Gasteiger partial charge in [-0.2, -0.15) is 0 Å². The highest BCUT2D eigenvalue weighted by Crippen LogP contribution is 2.31. The van der Waals surface area contributed by atoms with E-state index >= 15 is 0 Å². The highest BCUT2D eigenvalue weighted by molar-refractivity contribution is 7.89. The Kier molecular flexibility index (Phi) is 5.10. The van der Waals surface area contributed by atoms with Crippen LogP contribution in [0.4, 0.5) is 5.69 Å². The van der Waals surface area contributed by atoms with E-state index < -0.39 is 10.0 Å². The van der Waals surface area contributed by atoms with Crippen molar-refractivity contribution in [3.05, 3.63) is 36.4 Å². The maximum atomic E-state index is 12.4. The molecular weight excluding hydrogens is 306 g/mol. The first-order chi connectivity index (χ1) is 9.97. The van der Waals surface area contributed by atoms with Gasteiger partial charge in [-0.1, -0.05) is 37.1 Å². The van der Waals surface area contributed by atoms with Gasteiger partial charge in [-0.3, -0.25) is 0 Å². The molecule has 0 fully saturated rings. The van der Waals surface area contributed by atoms with Crippen LogP contribution in [-0.2, 0) is 10.0 Å². The van der Waals surface area contributed by atoms with Crippen molar-refractivity contribution in [2.75, 3.05) is 24.4 Å². The lowest BCUT2D eigenvalue weighted by Crippen LogP contribution is -2.26. The second-order valence-electron chi connectivity index (χ2n) is 4.69. The lowest BCUT2D eigenvalue weighted by molar-refractivity contribution is 0.580. The molecule has 0 aromatic heterocycles. The molecule has 0 saturated heterocycles. The average molecular weight is 325 g/mol. The normalized spacial score (nSPS) is 11.8. The van der Waals surface area contributed by atoms with E-state index in [-0.39, 0.29) is 4.90 Å². The zero-order chi connectivity index (χ0) is 15.5. The van der Waals surface area contributed by atoms with E-state index in [0.717, 1.165) is 11.1 Å². The summed E-state index contributed by atoms with van der Waals surface area (Å²) in [4.78, 5) is 0.272. The van der Waals surface area contributed by atoms with Crippen LogP contribution in [0.5, 0.6) is 0 Å². The first kappa shape index (κ1) is 16.1. The monoisotopic (exact) mass is 325 g/mol. The quantitative estimate of drug-likeness (QED) is 0.559. The Morgan fingerprint density at radius 3 is 2.52 bits per heavy atom. The molecule has 2 aromatic carbocycles. The fourth-order valence-electron chi connectivity index (χ4n) is 2.17. The van der Waals surface area contributed by atoms with Crippen LogP contribution < -0.4 is 14.8 Å². The van der Waals surface area contributed by atoms with E-state index in [1.807, 2.05) is 18.2 Å². The number of hydrogen-bond acceptors (Lipinski definition) is 5. The lowest BCUT2D eigenvalue weighted by Gasteiger charge is -2.16. The van der Waals surface area contributed by atoms with E-state index in [4.69, 9.17) is 5.73 Å². The van der Waals surface area contributed by atoms with Crippen LogP contribution in [0.1, 0.15) is 6.42 Å². The molecule has 2 rings (SSSR count). The van der Waals surface area contributed by atoms with Crippen molar-refractivity contribution < 1.29 is 8.42 Å². The number of anilines is 1. The standard InChI is InChI=1S/C14H19N3O2S2/c1-17(20)13-7-2-6-12-11(13)5-3-8-14(12)21(18,19)16-10-4-9-15/h2-3,5-8,16,20H,4,9-10,15H2,1H3. The topological polar surface area (TPSA) is 75.4 Å². The maximum absolute atomic E-state index is 12.4. The zero-order valence-corrected chi connectivity index (χ0v) is 13.5. The fraction of sp³-hybridized carbons (Fsp3) is 0.286. The van der Waals surface area contributed by atoms with Gasteiger partial charge in [0.1, 0.15) is 0 Å². The van der Waals surface area contributed by atoms with E-state index in [2.05, 4.69) is 17.5 Å². The second-order valence-corrected chi connectivity index (χ2v) is 7.03. The maximum Gasteiger partial charge on any atom is 0.241 e. The highest BCUT2D eigenvalue weighted by Gasteiger charge is 2.17. The molecule has 3 N–H and O–H groups in total. The van der Waals surface area contributed by atoms with Crippen LogP contribution in [0, 0.1) is 0 Å². The molecule has 5 nitrogen and oxygen atoms in total. The molecule has 0 aliphatic carbocycles. The summed E-state index contributed by atoms with van der Waals surface area (Å²) >= 11 is 4.29. The van der Waals surface area contributed by atoms with E-state index in [0.29, 0.717) is 24.9 Å². The van der Waals surface area contributed by atoms with Crippen LogP contribution in [0.25, 0.3) is 10.8 Å². The third-order valence-corrected chi connectivity index (χ3v) is 4.90. The molecule has 2 aromatic rings. The van der Waals surface area contributed by atoms with Crippen molar-refractivity contribution >= 4 is 39.3 Å². The largest absolute Gasteiger partial charge is 0.330 e. The first-order valence-electron chi connectivity index (χ1n) is 6.61. The van der Waals surface area contributed by atoms with Crippen molar-refractivity contribution in [2.24, 2.45) is 5.73 Å². The van der Waals surface area contributed by atoms with Gasteiger partial charge < -0.3 is 10.0 Å². The predicted molar refractivity (Wildman–Crippen MR) is 90.2 cm³/mol. The first-order valence-corrected chi connectivity index (χ1v) is 8.50. The van der Waals surface area contributed by atoms with Gasteiger partial charge in [0.2, 0.25) is 10.0 Å². The van der Waals surface area contributed by atoms with Crippen molar-refractivity contribution in [3.8, 4) is 0 Å². The second kappa shape index (κ2) is 6.65. The highest BCUT2D eigenvalue weighted by atomic mass is 32.2. The zero-order valence-electron chi connectivity index (χ0n) is 11.8. The Bertz CT molecular complexity index is 730. The van der Waals surface area contributed by atoms with E-state index in [1.165, 1.54) is 0 Å². The Morgan fingerprint density at radius 2 is 1.86 bits per heavy atom. The molecule has 0 atom stereocenters. The summed E-state index contributed by atoms with van der Waals surface area (Å²) in [6.07, 6.45) is 0.606. The summed E-state index contributed by atoms with van der Waals surface area (Å²) < 4.78 is 29.1. The molecule has 0 heterocycles. The van der Waals surface area contributed by atoms with Gasteiger partial charge in [0.15, 0.2) is 0 Å². The Morgan fingerprint density at radius 1 is 1.19 bits per heavy atom. The van der Waals surface area contributed by atoms with E-state index in [9.17, 15) is 8.42 Å². The summed E-state index contributed by atoms with van der Waals surface area (Å²) in [6, 6.07) is 10.7. The molecule has 0 unspecified atom stereocenters. The number of fused-ring (bicyclic) bond motifs is 1. The van der Waals surface area contributed by atoms with Crippen molar-refractivity contribution in [1.29, 1.82) is 0 Å². The van der Waals surface area contributed by atoms with Crippen LogP contribution in [0.2, 0.25) is 0 Å². The van der Waals surface area contributed by atoms with Gasteiger partial charge in [-0.15, -0.1) is 0 Å². The van der Waals surface area contributed by atoms with Crippen LogP contribution in [0.15, 0.2) is 41.3 Å². The van der Waals surface area contributed by atoms with Crippen LogP contribution >= 0.6 is 12.8 Å². The number of hydrogen-bond donors (Lipinski definition) is 3. The minimum atomic E-state index is -3.55. The molecule has 0 spiro atoms. The molecule has 0 saturated carbocycles. The molecule has 0 amide bonds. The summed E-state index contributed by atoms with van der Waals surface area (Å²) in [6.45, 7) is 0.786. The van der Waals surface area contributed by atoms with Crippen LogP contribution in [0.3, 0.4) is 0 Å². The van der Waals surface area contributed by atoms with Gasteiger partial charge in [0, 0.05) is 24.4 Å². The molecule has 0 aliphatic heterocycles. The van der Waals surface area contributed by atoms with Gasteiger partial charge in [0.25, 0.3) is 0 Å². The Balaban J connectivity index is 2.53. The van der Waals surface area contributed by atoms with Gasteiger partial charge >= 0.3 is 0 Å². The van der Waals surface area contributed by atoms with Crippen molar-refractivity contribution in [1.82, 2.24) is 4.72 Å². The SMILES string of the molecule is CN(S)c1cccc2c(S(=O)(=O)NCCCN)cccc12. The minimum absolute atomic E-state index is 0.272. The van der Waals surface area contributed by atoms with Crippen LogP contribution in [-0.4, -0.2) is 28.6 Å². The number of sulfonamides is 1. The average Bonchev–Trinajstić information content (AvgIpc) is 2.46. The van der Waals surface area contributed by atoms with Gasteiger partial charge in [-0.25, -0.2) is 13.1 Å². The number of nitrogens with one attached hydrogen (secondary N) is 1. The molecule has 0 radical (unpaired) electrons. The minimum Gasteiger partial charge on any atom is -0.330 e. The summed E-state index contributed by atoms with van der Waals surface area (Å²) in [5, 5.41) is 1.52. The molecular formula is C14H19N3O2S2. The fourth-order valence-corrected chi connectivity index (χ4v) is 3.64. The number of thiol groups is 1. The number of nitrogens with zero attached hydrogens (tertiary/aromatic N) is 1. The summed E-state index contributed by atoms with van der Waals surface area (Å²) in [5.41, 5.74) is 6.25.